The van der Waals surface area contributed by atoms with Crippen LogP contribution in [0.3, 0.4) is 0 Å². The fraction of sp³-hybridized carbons (Fsp3) is 0.211. The van der Waals surface area contributed by atoms with Crippen LogP contribution in [0.4, 0.5) is 11.4 Å². The zero-order chi connectivity index (χ0) is 22.5. The van der Waals surface area contributed by atoms with Gasteiger partial charge in [-0.3, -0.25) is 9.59 Å². The Morgan fingerprint density at radius 1 is 1.00 bits per heavy atom. The van der Waals surface area contributed by atoms with Crippen LogP contribution in [0.1, 0.15) is 24.2 Å². The van der Waals surface area contributed by atoms with E-state index in [0.717, 1.165) is 6.07 Å². The summed E-state index contributed by atoms with van der Waals surface area (Å²) < 4.78 is 31.2. The van der Waals surface area contributed by atoms with E-state index in [1.165, 1.54) is 33.0 Å². The van der Waals surface area contributed by atoms with E-state index in [1.807, 2.05) is 0 Å². The number of halogens is 1. The van der Waals surface area contributed by atoms with E-state index in [4.69, 9.17) is 16.3 Å². The number of sulfonamides is 1. The van der Waals surface area contributed by atoms with Crippen molar-refractivity contribution in [1.82, 2.24) is 4.72 Å². The number of nitrogens with one attached hydrogen (secondary N) is 3. The number of carbonyl (C=O) groups is 3. The topological polar surface area (TPSA) is 131 Å². The molecule has 0 aromatic heterocycles. The summed E-state index contributed by atoms with van der Waals surface area (Å²) in [5.41, 5.74) is 0.925. The van der Waals surface area contributed by atoms with Crippen molar-refractivity contribution < 1.29 is 27.5 Å². The van der Waals surface area contributed by atoms with Gasteiger partial charge in [0, 0.05) is 18.3 Å². The van der Waals surface area contributed by atoms with Crippen molar-refractivity contribution in [3.63, 3.8) is 0 Å². The Labute approximate surface area is 178 Å². The quantitative estimate of drug-likeness (QED) is 0.552. The number of benzene rings is 2. The van der Waals surface area contributed by atoms with Crippen molar-refractivity contribution in [3.8, 4) is 0 Å². The zero-order valence-electron chi connectivity index (χ0n) is 16.4. The zero-order valence-corrected chi connectivity index (χ0v) is 17.9. The molecule has 0 radical (unpaired) electrons. The Bertz CT molecular complexity index is 1070. The minimum Gasteiger partial charge on any atom is -0.449 e. The molecule has 0 heterocycles. The molecule has 2 amide bonds. The van der Waals surface area contributed by atoms with Crippen LogP contribution in [-0.4, -0.2) is 39.4 Å². The Kier molecular flexibility index (Phi) is 7.54. The van der Waals surface area contributed by atoms with Gasteiger partial charge in [0.05, 0.1) is 10.6 Å². The smallest absolute Gasteiger partial charge is 0.338 e. The normalized spacial score (nSPS) is 12.0. The third-order valence-electron chi connectivity index (χ3n) is 3.85. The summed E-state index contributed by atoms with van der Waals surface area (Å²) in [6.45, 7) is 2.75. The Hall–Kier alpha value is -2.95. The Morgan fingerprint density at radius 3 is 2.10 bits per heavy atom. The molecule has 0 aliphatic rings. The van der Waals surface area contributed by atoms with E-state index in [0.29, 0.717) is 11.4 Å². The predicted molar refractivity (Wildman–Crippen MR) is 112 cm³/mol. The second-order valence-electron chi connectivity index (χ2n) is 6.15. The molecule has 0 saturated heterocycles. The number of hydrogen-bond acceptors (Lipinski definition) is 6. The van der Waals surface area contributed by atoms with Gasteiger partial charge in [0.25, 0.3) is 5.91 Å². The van der Waals surface area contributed by atoms with Crippen LogP contribution in [-0.2, 0) is 24.3 Å². The van der Waals surface area contributed by atoms with Crippen LogP contribution < -0.4 is 15.4 Å². The van der Waals surface area contributed by atoms with Crippen LogP contribution >= 0.6 is 11.6 Å². The average Bonchev–Trinajstić information content (AvgIpc) is 2.69. The summed E-state index contributed by atoms with van der Waals surface area (Å²) in [6.07, 6.45) is -1.16. The average molecular weight is 454 g/mol. The minimum absolute atomic E-state index is 0.0607. The molecule has 2 aromatic carbocycles. The summed E-state index contributed by atoms with van der Waals surface area (Å²) in [4.78, 5) is 35.4. The van der Waals surface area contributed by atoms with Crippen LogP contribution in [0.2, 0.25) is 5.02 Å². The van der Waals surface area contributed by atoms with Crippen molar-refractivity contribution in [2.45, 2.75) is 24.8 Å². The van der Waals surface area contributed by atoms with Crippen LogP contribution in [0.15, 0.2) is 47.4 Å². The molecule has 1 atom stereocenters. The molecule has 160 valence electrons. The van der Waals surface area contributed by atoms with Gasteiger partial charge < -0.3 is 15.4 Å². The lowest BCUT2D eigenvalue weighted by Gasteiger charge is -2.14. The first kappa shape index (κ1) is 23.3. The maximum Gasteiger partial charge on any atom is 0.338 e. The third-order valence-corrected chi connectivity index (χ3v) is 5.75. The third kappa shape index (κ3) is 6.02. The van der Waals surface area contributed by atoms with Crippen molar-refractivity contribution in [2.24, 2.45) is 0 Å². The lowest BCUT2D eigenvalue weighted by Crippen LogP contribution is -2.30. The minimum atomic E-state index is -3.88. The van der Waals surface area contributed by atoms with E-state index in [-0.39, 0.29) is 21.4 Å². The van der Waals surface area contributed by atoms with E-state index < -0.39 is 28.0 Å². The van der Waals surface area contributed by atoms with Gasteiger partial charge in [0.15, 0.2) is 6.10 Å². The summed E-state index contributed by atoms with van der Waals surface area (Å²) in [5.74, 6) is -1.70. The Morgan fingerprint density at radius 2 is 1.57 bits per heavy atom. The first-order valence-electron chi connectivity index (χ1n) is 8.66. The second-order valence-corrected chi connectivity index (χ2v) is 8.41. The van der Waals surface area contributed by atoms with E-state index in [1.54, 1.807) is 24.3 Å². The summed E-state index contributed by atoms with van der Waals surface area (Å²) in [5, 5.41) is 5.11. The highest BCUT2D eigenvalue weighted by Gasteiger charge is 2.22. The molecular formula is C19H20ClN3O6S. The molecule has 3 N–H and O–H groups in total. The molecule has 11 heteroatoms. The SMILES string of the molecule is CNS(=O)(=O)c1cc(C(=O)O[C@H](C)C(=O)Nc2ccc(NC(C)=O)cc2)ccc1Cl. The van der Waals surface area contributed by atoms with Gasteiger partial charge in [0.1, 0.15) is 4.90 Å². The molecule has 9 nitrogen and oxygen atoms in total. The molecular weight excluding hydrogens is 434 g/mol. The number of amides is 2. The maximum absolute atomic E-state index is 12.3. The Balaban J connectivity index is 2.05. The summed E-state index contributed by atoms with van der Waals surface area (Å²) in [6, 6.07) is 9.98. The number of esters is 1. The number of rotatable bonds is 7. The molecule has 0 aliphatic carbocycles. The number of carbonyl (C=O) groups excluding carboxylic acids is 3. The van der Waals surface area contributed by atoms with E-state index in [2.05, 4.69) is 15.4 Å². The van der Waals surface area contributed by atoms with Gasteiger partial charge in [-0.1, -0.05) is 11.6 Å². The summed E-state index contributed by atoms with van der Waals surface area (Å²) in [7, 11) is -2.66. The number of ether oxygens (including phenoxy) is 1. The van der Waals surface area contributed by atoms with Crippen LogP contribution in [0.25, 0.3) is 0 Å². The predicted octanol–water partition coefficient (Wildman–Crippen LogP) is 2.39. The molecule has 0 fully saturated rings. The van der Waals surface area contributed by atoms with Crippen molar-refractivity contribution in [3.05, 3.63) is 53.1 Å². The van der Waals surface area contributed by atoms with E-state index in [9.17, 15) is 22.8 Å². The standard InChI is InChI=1S/C19H20ClN3O6S/c1-11(18(25)23-15-7-5-14(6-8-15)22-12(2)24)29-19(26)13-4-9-16(20)17(10-13)30(27,28)21-3/h4-11,21H,1-3H3,(H,22,24)(H,23,25)/t11-/m1/s1. The molecule has 30 heavy (non-hydrogen) atoms. The first-order chi connectivity index (χ1) is 14.0. The summed E-state index contributed by atoms with van der Waals surface area (Å²) >= 11 is 5.89. The maximum atomic E-state index is 12.3. The molecule has 0 aliphatic heterocycles. The fourth-order valence-corrected chi connectivity index (χ4v) is 3.56. The molecule has 0 spiro atoms. The van der Waals surface area contributed by atoms with Gasteiger partial charge in [0.2, 0.25) is 15.9 Å². The van der Waals surface area contributed by atoms with Gasteiger partial charge in [-0.05, 0) is 56.4 Å². The monoisotopic (exact) mass is 453 g/mol. The molecule has 0 unspecified atom stereocenters. The number of anilines is 2. The van der Waals surface area contributed by atoms with Gasteiger partial charge in [-0.2, -0.15) is 0 Å². The molecule has 0 saturated carbocycles. The van der Waals surface area contributed by atoms with Crippen LogP contribution in [0, 0.1) is 0 Å². The number of hydrogen-bond donors (Lipinski definition) is 3. The van der Waals surface area contributed by atoms with Gasteiger partial charge in [-0.25, -0.2) is 17.9 Å². The van der Waals surface area contributed by atoms with Crippen molar-refractivity contribution in [2.75, 3.05) is 17.7 Å². The molecule has 2 rings (SSSR count). The van der Waals surface area contributed by atoms with E-state index >= 15 is 0 Å². The highest BCUT2D eigenvalue weighted by atomic mass is 35.5. The largest absolute Gasteiger partial charge is 0.449 e. The highest BCUT2D eigenvalue weighted by Crippen LogP contribution is 2.23. The molecule has 0 bridgehead atoms. The van der Waals surface area contributed by atoms with Crippen LogP contribution in [0.5, 0.6) is 0 Å². The fourth-order valence-electron chi connectivity index (χ4n) is 2.31. The lowest BCUT2D eigenvalue weighted by molar-refractivity contribution is -0.123. The highest BCUT2D eigenvalue weighted by molar-refractivity contribution is 7.89. The van der Waals surface area contributed by atoms with Gasteiger partial charge >= 0.3 is 5.97 Å². The second kappa shape index (κ2) is 9.70. The van der Waals surface area contributed by atoms with Crippen molar-refractivity contribution in [1.29, 1.82) is 0 Å². The molecule has 2 aromatic rings. The lowest BCUT2D eigenvalue weighted by atomic mass is 10.2. The van der Waals surface area contributed by atoms with Gasteiger partial charge in [-0.15, -0.1) is 0 Å². The first-order valence-corrected chi connectivity index (χ1v) is 10.5. The van der Waals surface area contributed by atoms with Crippen molar-refractivity contribution >= 4 is 50.8 Å².